The Morgan fingerprint density at radius 3 is 2.95 bits per heavy atom. The Balaban J connectivity index is 1.75. The molecule has 1 aliphatic heterocycles. The number of thioether (sulfide) groups is 1. The van der Waals surface area contributed by atoms with Crippen molar-refractivity contribution >= 4 is 39.0 Å². The van der Waals surface area contributed by atoms with Crippen molar-refractivity contribution in [1.29, 1.82) is 0 Å². The predicted octanol–water partition coefficient (Wildman–Crippen LogP) is 4.58. The summed E-state index contributed by atoms with van der Waals surface area (Å²) in [6, 6.07) is 8.15. The third-order valence-electron chi connectivity index (χ3n) is 3.62. The number of aryl methyl sites for hydroxylation is 1. The standard InChI is InChI=1S/C16H17BrO2S2/c1-19-14-3-2-10(6-12(14)17)7-13(18)16-8-11-9-20-5-4-15(11)21-16/h2-3,6,8,13,18H,4-5,7,9H2,1H3. The van der Waals surface area contributed by atoms with Crippen LogP contribution in [0.1, 0.15) is 27.0 Å². The van der Waals surface area contributed by atoms with E-state index in [1.165, 1.54) is 16.2 Å². The maximum Gasteiger partial charge on any atom is 0.133 e. The lowest BCUT2D eigenvalue weighted by molar-refractivity contribution is 0.182. The van der Waals surface area contributed by atoms with E-state index in [1.807, 2.05) is 30.0 Å². The summed E-state index contributed by atoms with van der Waals surface area (Å²) < 4.78 is 6.16. The Kier molecular flexibility index (Phi) is 4.94. The number of aliphatic hydroxyl groups excluding tert-OH is 1. The Bertz CT molecular complexity index is 616. The van der Waals surface area contributed by atoms with Gasteiger partial charge in [-0.3, -0.25) is 0 Å². The molecule has 1 N–H and O–H groups in total. The van der Waals surface area contributed by atoms with E-state index in [2.05, 4.69) is 22.0 Å². The zero-order chi connectivity index (χ0) is 14.8. The molecule has 1 atom stereocenters. The van der Waals surface area contributed by atoms with Gasteiger partial charge in [0.25, 0.3) is 0 Å². The molecule has 0 bridgehead atoms. The maximum atomic E-state index is 10.5. The van der Waals surface area contributed by atoms with Gasteiger partial charge in [0.1, 0.15) is 5.75 Å². The van der Waals surface area contributed by atoms with Crippen molar-refractivity contribution in [1.82, 2.24) is 0 Å². The summed E-state index contributed by atoms with van der Waals surface area (Å²) in [4.78, 5) is 2.55. The van der Waals surface area contributed by atoms with Gasteiger partial charge >= 0.3 is 0 Å². The van der Waals surface area contributed by atoms with Gasteiger partial charge in [0.15, 0.2) is 0 Å². The minimum Gasteiger partial charge on any atom is -0.496 e. The molecule has 3 rings (SSSR count). The molecule has 1 aromatic heterocycles. The second-order valence-electron chi connectivity index (χ2n) is 5.09. The van der Waals surface area contributed by atoms with Crippen LogP contribution in [0.15, 0.2) is 28.7 Å². The Morgan fingerprint density at radius 2 is 2.24 bits per heavy atom. The Labute approximate surface area is 141 Å². The highest BCUT2D eigenvalue weighted by atomic mass is 79.9. The first-order valence-corrected chi connectivity index (χ1v) is 9.63. The van der Waals surface area contributed by atoms with Crippen molar-refractivity contribution in [3.05, 3.63) is 49.6 Å². The van der Waals surface area contributed by atoms with E-state index in [0.717, 1.165) is 32.8 Å². The SMILES string of the molecule is COc1ccc(CC(O)c2cc3c(s2)CCSC3)cc1Br. The van der Waals surface area contributed by atoms with E-state index in [1.54, 1.807) is 18.4 Å². The highest BCUT2D eigenvalue weighted by Gasteiger charge is 2.18. The largest absolute Gasteiger partial charge is 0.496 e. The van der Waals surface area contributed by atoms with E-state index in [-0.39, 0.29) is 0 Å². The molecule has 0 amide bonds. The van der Waals surface area contributed by atoms with Gasteiger partial charge in [0, 0.05) is 21.9 Å². The first-order chi connectivity index (χ1) is 10.2. The summed E-state index contributed by atoms with van der Waals surface area (Å²) in [6.45, 7) is 0. The van der Waals surface area contributed by atoms with Gasteiger partial charge in [-0.05, 0) is 57.4 Å². The van der Waals surface area contributed by atoms with E-state index in [4.69, 9.17) is 4.74 Å². The summed E-state index contributed by atoms with van der Waals surface area (Å²) >= 11 is 7.25. The molecule has 5 heteroatoms. The number of halogens is 1. The number of benzene rings is 1. The lowest BCUT2D eigenvalue weighted by atomic mass is 10.1. The van der Waals surface area contributed by atoms with Crippen LogP contribution in [0.25, 0.3) is 0 Å². The molecule has 2 heterocycles. The number of ether oxygens (including phenoxy) is 1. The topological polar surface area (TPSA) is 29.5 Å². The van der Waals surface area contributed by atoms with E-state index in [0.29, 0.717) is 6.42 Å². The third kappa shape index (κ3) is 3.47. The number of hydrogen-bond donors (Lipinski definition) is 1. The van der Waals surface area contributed by atoms with Gasteiger partial charge in [0.2, 0.25) is 0 Å². The number of methoxy groups -OCH3 is 1. The molecular weight excluding hydrogens is 368 g/mol. The third-order valence-corrected chi connectivity index (χ3v) is 6.59. The van der Waals surface area contributed by atoms with Crippen LogP contribution in [0.4, 0.5) is 0 Å². The molecule has 112 valence electrons. The van der Waals surface area contributed by atoms with E-state index >= 15 is 0 Å². The highest BCUT2D eigenvalue weighted by Crippen LogP contribution is 2.36. The molecule has 0 spiro atoms. The van der Waals surface area contributed by atoms with Crippen molar-refractivity contribution in [3.63, 3.8) is 0 Å². The molecule has 0 saturated carbocycles. The van der Waals surface area contributed by atoms with Gasteiger partial charge in [-0.1, -0.05) is 6.07 Å². The molecule has 2 aromatic rings. The fourth-order valence-corrected chi connectivity index (χ4v) is 5.45. The summed E-state index contributed by atoms with van der Waals surface area (Å²) in [7, 11) is 1.66. The fourth-order valence-electron chi connectivity index (χ4n) is 2.50. The number of thiophene rings is 1. The summed E-state index contributed by atoms with van der Waals surface area (Å²) in [5, 5.41) is 10.5. The average Bonchev–Trinajstić information content (AvgIpc) is 2.91. The normalized spacial score (nSPS) is 15.6. The first-order valence-electron chi connectivity index (χ1n) is 6.87. The van der Waals surface area contributed by atoms with Gasteiger partial charge in [-0.15, -0.1) is 11.3 Å². The Hall–Kier alpha value is -0.490. The molecule has 1 aliphatic rings. The van der Waals surface area contributed by atoms with Crippen molar-refractivity contribution in [3.8, 4) is 5.75 Å². The van der Waals surface area contributed by atoms with Gasteiger partial charge < -0.3 is 9.84 Å². The zero-order valence-electron chi connectivity index (χ0n) is 11.8. The van der Waals surface area contributed by atoms with Crippen LogP contribution < -0.4 is 4.74 Å². The summed E-state index contributed by atoms with van der Waals surface area (Å²) in [5.41, 5.74) is 2.53. The molecule has 0 radical (unpaired) electrons. The van der Waals surface area contributed by atoms with E-state index in [9.17, 15) is 5.11 Å². The zero-order valence-corrected chi connectivity index (χ0v) is 15.0. The number of rotatable bonds is 4. The Morgan fingerprint density at radius 1 is 1.38 bits per heavy atom. The number of hydrogen-bond acceptors (Lipinski definition) is 4. The van der Waals surface area contributed by atoms with E-state index < -0.39 is 6.10 Å². The van der Waals surface area contributed by atoms with Crippen LogP contribution in [0.2, 0.25) is 0 Å². The fraction of sp³-hybridized carbons (Fsp3) is 0.375. The van der Waals surface area contributed by atoms with Crippen LogP contribution in [-0.4, -0.2) is 18.0 Å². The lowest BCUT2D eigenvalue weighted by Crippen LogP contribution is -2.00. The molecule has 2 nitrogen and oxygen atoms in total. The van der Waals surface area contributed by atoms with Crippen LogP contribution in [0, 0.1) is 0 Å². The summed E-state index contributed by atoms with van der Waals surface area (Å²) in [6.07, 6.45) is 1.35. The van der Waals surface area contributed by atoms with Crippen molar-refractivity contribution in [2.24, 2.45) is 0 Å². The number of fused-ring (bicyclic) bond motifs is 1. The van der Waals surface area contributed by atoms with Crippen LogP contribution in [0.5, 0.6) is 5.75 Å². The van der Waals surface area contributed by atoms with Gasteiger partial charge in [-0.2, -0.15) is 11.8 Å². The maximum absolute atomic E-state index is 10.5. The van der Waals surface area contributed by atoms with Crippen molar-refractivity contribution in [2.75, 3.05) is 12.9 Å². The molecule has 1 unspecified atom stereocenters. The molecule has 21 heavy (non-hydrogen) atoms. The molecule has 0 saturated heterocycles. The second-order valence-corrected chi connectivity index (χ2v) is 8.22. The van der Waals surface area contributed by atoms with Crippen molar-refractivity contribution in [2.45, 2.75) is 24.7 Å². The molecule has 0 fully saturated rings. The van der Waals surface area contributed by atoms with Crippen molar-refractivity contribution < 1.29 is 9.84 Å². The first kappa shape index (κ1) is 15.4. The summed E-state index contributed by atoms with van der Waals surface area (Å²) in [5.74, 6) is 3.11. The number of aliphatic hydroxyl groups is 1. The lowest BCUT2D eigenvalue weighted by Gasteiger charge is -2.10. The second kappa shape index (κ2) is 6.73. The monoisotopic (exact) mass is 384 g/mol. The smallest absolute Gasteiger partial charge is 0.133 e. The van der Waals surface area contributed by atoms with Crippen LogP contribution in [-0.2, 0) is 18.6 Å². The molecular formula is C16H17BrO2S2. The average molecular weight is 385 g/mol. The van der Waals surface area contributed by atoms with Crippen LogP contribution >= 0.6 is 39.0 Å². The predicted molar refractivity (Wildman–Crippen MR) is 93.5 cm³/mol. The highest BCUT2D eigenvalue weighted by molar-refractivity contribution is 9.10. The molecule has 1 aromatic carbocycles. The quantitative estimate of drug-likeness (QED) is 0.835. The minimum atomic E-state index is -0.425. The molecule has 0 aliphatic carbocycles. The van der Waals surface area contributed by atoms with Gasteiger partial charge in [0.05, 0.1) is 17.7 Å². The van der Waals surface area contributed by atoms with Gasteiger partial charge in [-0.25, -0.2) is 0 Å². The minimum absolute atomic E-state index is 0.425. The van der Waals surface area contributed by atoms with Crippen LogP contribution in [0.3, 0.4) is 0 Å².